The quantitative estimate of drug-likeness (QED) is 0.799. The topological polar surface area (TPSA) is 88.8 Å². The zero-order valence-electron chi connectivity index (χ0n) is 12.2. The molecule has 7 nitrogen and oxygen atoms in total. The van der Waals surface area contributed by atoms with E-state index in [1.807, 2.05) is 0 Å². The first-order chi connectivity index (χ1) is 9.90. The average molecular weight is 316 g/mol. The van der Waals surface area contributed by atoms with Crippen LogP contribution >= 0.6 is 0 Å². The molecule has 0 atom stereocenters. The van der Waals surface area contributed by atoms with Gasteiger partial charge in [0.2, 0.25) is 10.0 Å². The van der Waals surface area contributed by atoms with Crippen LogP contribution in [0.25, 0.3) is 0 Å². The Kier molecular flexibility index (Phi) is 5.02. The molecule has 2 rings (SSSR count). The normalized spacial score (nSPS) is 17.8. The molecule has 0 unspecified atom stereocenters. The number of carbonyl (C=O) groups excluding carboxylic acids is 1. The minimum absolute atomic E-state index is 0.245. The van der Waals surface area contributed by atoms with Crippen molar-refractivity contribution in [2.45, 2.75) is 25.4 Å². The molecule has 0 aliphatic carbocycles. The molecule has 0 radical (unpaired) electrons. The Labute approximate surface area is 124 Å². The highest BCUT2D eigenvalue weighted by Crippen LogP contribution is 2.15. The van der Waals surface area contributed by atoms with Gasteiger partial charge in [0.15, 0.2) is 0 Å². The number of piperidine rings is 1. The Morgan fingerprint density at radius 2 is 2.14 bits per heavy atom. The van der Waals surface area contributed by atoms with Crippen molar-refractivity contribution in [3.05, 3.63) is 23.7 Å². The van der Waals surface area contributed by atoms with Crippen LogP contribution in [0.5, 0.6) is 0 Å². The number of nitrogens with zero attached hydrogens (tertiary/aromatic N) is 1. The maximum absolute atomic E-state index is 11.4. The average Bonchev–Trinajstić information content (AvgIpc) is 2.92. The van der Waals surface area contributed by atoms with Gasteiger partial charge in [0.25, 0.3) is 0 Å². The standard InChI is InChI=1S/C13H20N2O5S/c1-19-13(16)10-7-12(20-9-10)8-14-11-3-5-15(6-4-11)21(2,17)18/h7,9,11,14H,3-6,8H2,1-2H3. The number of methoxy groups -OCH3 is 1. The second-order valence-corrected chi connectivity index (χ2v) is 7.09. The summed E-state index contributed by atoms with van der Waals surface area (Å²) >= 11 is 0. The molecule has 0 saturated carbocycles. The van der Waals surface area contributed by atoms with Gasteiger partial charge in [-0.15, -0.1) is 0 Å². The molecule has 1 fully saturated rings. The van der Waals surface area contributed by atoms with E-state index >= 15 is 0 Å². The van der Waals surface area contributed by atoms with E-state index in [1.54, 1.807) is 6.07 Å². The van der Waals surface area contributed by atoms with E-state index in [0.29, 0.717) is 31.0 Å². The Bertz CT molecular complexity index is 587. The summed E-state index contributed by atoms with van der Waals surface area (Å²) in [5, 5.41) is 3.31. The molecule has 0 amide bonds. The van der Waals surface area contributed by atoms with Crippen LogP contribution in [0.4, 0.5) is 0 Å². The van der Waals surface area contributed by atoms with Crippen LogP contribution in [0.3, 0.4) is 0 Å². The summed E-state index contributed by atoms with van der Waals surface area (Å²) in [5.41, 5.74) is 0.390. The van der Waals surface area contributed by atoms with Crippen LogP contribution < -0.4 is 5.32 Å². The SMILES string of the molecule is COC(=O)c1coc(CNC2CCN(S(C)(=O)=O)CC2)c1. The smallest absolute Gasteiger partial charge is 0.341 e. The Morgan fingerprint density at radius 1 is 1.48 bits per heavy atom. The number of esters is 1. The molecular weight excluding hydrogens is 296 g/mol. The van der Waals surface area contributed by atoms with Gasteiger partial charge in [-0.2, -0.15) is 0 Å². The van der Waals surface area contributed by atoms with Crippen LogP contribution in [0.1, 0.15) is 29.0 Å². The minimum atomic E-state index is -3.09. The molecule has 1 aliphatic heterocycles. The summed E-state index contributed by atoms with van der Waals surface area (Å²) in [6.07, 6.45) is 4.13. The molecule has 0 aromatic carbocycles. The van der Waals surface area contributed by atoms with E-state index < -0.39 is 16.0 Å². The summed E-state index contributed by atoms with van der Waals surface area (Å²) in [5.74, 6) is 0.229. The summed E-state index contributed by atoms with van der Waals surface area (Å²) in [7, 11) is -1.77. The molecule has 1 aliphatic rings. The van der Waals surface area contributed by atoms with Crippen molar-refractivity contribution in [2.75, 3.05) is 26.5 Å². The third-order valence-corrected chi connectivity index (χ3v) is 4.87. The Morgan fingerprint density at radius 3 is 2.71 bits per heavy atom. The van der Waals surface area contributed by atoms with Gasteiger partial charge < -0.3 is 14.5 Å². The maximum Gasteiger partial charge on any atom is 0.341 e. The Hall–Kier alpha value is -1.38. The van der Waals surface area contributed by atoms with Crippen molar-refractivity contribution < 1.29 is 22.4 Å². The molecule has 1 aromatic heterocycles. The first kappa shape index (κ1) is 16.0. The fourth-order valence-electron chi connectivity index (χ4n) is 2.33. The van der Waals surface area contributed by atoms with Gasteiger partial charge in [-0.1, -0.05) is 0 Å². The predicted molar refractivity (Wildman–Crippen MR) is 76.3 cm³/mol. The van der Waals surface area contributed by atoms with Gasteiger partial charge in [-0.05, 0) is 18.9 Å². The molecule has 0 spiro atoms. The second kappa shape index (κ2) is 6.59. The molecule has 21 heavy (non-hydrogen) atoms. The van der Waals surface area contributed by atoms with Crippen molar-refractivity contribution in [1.82, 2.24) is 9.62 Å². The van der Waals surface area contributed by atoms with E-state index in [9.17, 15) is 13.2 Å². The van der Waals surface area contributed by atoms with Gasteiger partial charge in [-0.25, -0.2) is 17.5 Å². The van der Waals surface area contributed by atoms with E-state index in [2.05, 4.69) is 10.1 Å². The zero-order valence-corrected chi connectivity index (χ0v) is 13.0. The predicted octanol–water partition coefficient (Wildman–Crippen LogP) is 0.580. The van der Waals surface area contributed by atoms with Gasteiger partial charge in [0.1, 0.15) is 12.0 Å². The molecule has 8 heteroatoms. The molecule has 118 valence electrons. The first-order valence-electron chi connectivity index (χ1n) is 6.74. The third-order valence-electron chi connectivity index (χ3n) is 3.56. The molecular formula is C13H20N2O5S. The van der Waals surface area contributed by atoms with Gasteiger partial charge in [0, 0.05) is 19.1 Å². The van der Waals surface area contributed by atoms with E-state index in [1.165, 1.54) is 23.9 Å². The van der Waals surface area contributed by atoms with Crippen LogP contribution in [0.15, 0.2) is 16.7 Å². The number of ether oxygens (including phenoxy) is 1. The highest BCUT2D eigenvalue weighted by molar-refractivity contribution is 7.88. The zero-order chi connectivity index (χ0) is 15.5. The number of hydrogen-bond acceptors (Lipinski definition) is 6. The van der Waals surface area contributed by atoms with Crippen LogP contribution in [-0.4, -0.2) is 51.2 Å². The van der Waals surface area contributed by atoms with E-state index in [-0.39, 0.29) is 6.04 Å². The number of nitrogens with one attached hydrogen (secondary N) is 1. The van der Waals surface area contributed by atoms with Crippen molar-refractivity contribution in [3.63, 3.8) is 0 Å². The first-order valence-corrected chi connectivity index (χ1v) is 8.59. The summed E-state index contributed by atoms with van der Waals surface area (Å²) in [4.78, 5) is 11.3. The molecule has 2 heterocycles. The summed E-state index contributed by atoms with van der Waals surface area (Å²) in [6.45, 7) is 1.56. The number of sulfonamides is 1. The van der Waals surface area contributed by atoms with E-state index in [0.717, 1.165) is 12.8 Å². The summed E-state index contributed by atoms with van der Waals surface area (Å²) < 4.78 is 34.2. The summed E-state index contributed by atoms with van der Waals surface area (Å²) in [6, 6.07) is 1.89. The maximum atomic E-state index is 11.4. The lowest BCUT2D eigenvalue weighted by atomic mass is 10.1. The van der Waals surface area contributed by atoms with Crippen molar-refractivity contribution in [3.8, 4) is 0 Å². The second-order valence-electron chi connectivity index (χ2n) is 5.11. The minimum Gasteiger partial charge on any atom is -0.467 e. The number of rotatable bonds is 5. The monoisotopic (exact) mass is 316 g/mol. The van der Waals surface area contributed by atoms with Crippen molar-refractivity contribution in [2.24, 2.45) is 0 Å². The van der Waals surface area contributed by atoms with Crippen molar-refractivity contribution >= 4 is 16.0 Å². The Balaban J connectivity index is 1.80. The fraction of sp³-hybridized carbons (Fsp3) is 0.615. The number of hydrogen-bond donors (Lipinski definition) is 1. The molecule has 1 N–H and O–H groups in total. The van der Waals surface area contributed by atoms with E-state index in [4.69, 9.17) is 4.42 Å². The van der Waals surface area contributed by atoms with Gasteiger partial charge in [0.05, 0.1) is 25.5 Å². The molecule has 1 saturated heterocycles. The number of carbonyl (C=O) groups is 1. The van der Waals surface area contributed by atoms with Crippen molar-refractivity contribution in [1.29, 1.82) is 0 Å². The lowest BCUT2D eigenvalue weighted by Crippen LogP contribution is -2.44. The van der Waals surface area contributed by atoms with Gasteiger partial charge >= 0.3 is 5.97 Å². The lowest BCUT2D eigenvalue weighted by Gasteiger charge is -2.30. The lowest BCUT2D eigenvalue weighted by molar-refractivity contribution is 0.0600. The van der Waals surface area contributed by atoms with Crippen LogP contribution in [0, 0.1) is 0 Å². The molecule has 1 aromatic rings. The molecule has 0 bridgehead atoms. The van der Waals surface area contributed by atoms with Crippen LogP contribution in [0.2, 0.25) is 0 Å². The highest BCUT2D eigenvalue weighted by atomic mass is 32.2. The van der Waals surface area contributed by atoms with Gasteiger partial charge in [-0.3, -0.25) is 0 Å². The fourth-order valence-corrected chi connectivity index (χ4v) is 3.21. The third kappa shape index (κ3) is 4.29. The number of furan rings is 1. The largest absolute Gasteiger partial charge is 0.467 e. The van der Waals surface area contributed by atoms with Crippen LogP contribution in [-0.2, 0) is 21.3 Å². The highest BCUT2D eigenvalue weighted by Gasteiger charge is 2.24.